The SMILES string of the molecule is COc1ccc(CN2Cc3c(C#N)ncc(Nc4ccc(C5CNCCN5C(=O)OC(C)(C)C)cn4)c3C2=O)c(OC)c1. The van der Waals surface area contributed by atoms with Gasteiger partial charge in [-0.25, -0.2) is 14.8 Å². The van der Waals surface area contributed by atoms with Crippen LogP contribution < -0.4 is 20.1 Å². The lowest BCUT2D eigenvalue weighted by Crippen LogP contribution is -2.50. The topological polar surface area (TPSA) is 142 Å². The predicted molar refractivity (Wildman–Crippen MR) is 158 cm³/mol. The molecule has 12 heteroatoms. The van der Waals surface area contributed by atoms with E-state index in [-0.39, 0.29) is 36.8 Å². The summed E-state index contributed by atoms with van der Waals surface area (Å²) in [4.78, 5) is 38.8. The molecule has 0 bridgehead atoms. The third-order valence-electron chi connectivity index (χ3n) is 7.30. The number of methoxy groups -OCH3 is 2. The van der Waals surface area contributed by atoms with Gasteiger partial charge >= 0.3 is 6.09 Å². The highest BCUT2D eigenvalue weighted by Crippen LogP contribution is 2.35. The minimum absolute atomic E-state index is 0.202. The van der Waals surface area contributed by atoms with Gasteiger partial charge in [-0.3, -0.25) is 9.69 Å². The number of aromatic nitrogens is 2. The molecule has 1 aromatic carbocycles. The summed E-state index contributed by atoms with van der Waals surface area (Å²) in [5.41, 5.74) is 2.66. The smallest absolute Gasteiger partial charge is 0.410 e. The Morgan fingerprint density at radius 1 is 1.16 bits per heavy atom. The first-order valence-corrected chi connectivity index (χ1v) is 14.0. The molecule has 2 N–H and O–H groups in total. The second-order valence-electron chi connectivity index (χ2n) is 11.3. The number of nitrogens with one attached hydrogen (secondary N) is 2. The van der Waals surface area contributed by atoms with Gasteiger partial charge in [0.1, 0.15) is 34.7 Å². The first-order chi connectivity index (χ1) is 20.6. The third-order valence-corrected chi connectivity index (χ3v) is 7.30. The maximum Gasteiger partial charge on any atom is 0.410 e. The van der Waals surface area contributed by atoms with Crippen LogP contribution in [0.1, 0.15) is 59.6 Å². The molecule has 1 fully saturated rings. The lowest BCUT2D eigenvalue weighted by Gasteiger charge is -2.37. The second kappa shape index (κ2) is 12.1. The van der Waals surface area contributed by atoms with E-state index in [0.717, 1.165) is 11.1 Å². The van der Waals surface area contributed by atoms with Crippen molar-refractivity contribution in [2.75, 3.05) is 39.2 Å². The zero-order chi connectivity index (χ0) is 30.7. The van der Waals surface area contributed by atoms with E-state index in [1.54, 1.807) is 42.3 Å². The Bertz CT molecular complexity index is 1560. The highest BCUT2D eigenvalue weighted by atomic mass is 16.6. The Kier molecular flexibility index (Phi) is 8.36. The van der Waals surface area contributed by atoms with Crippen molar-refractivity contribution in [3.63, 3.8) is 0 Å². The molecule has 5 rings (SSSR count). The number of nitriles is 1. The normalized spacial score (nSPS) is 16.4. The van der Waals surface area contributed by atoms with Gasteiger partial charge in [-0.05, 0) is 44.5 Å². The number of fused-ring (bicyclic) bond motifs is 1. The number of amides is 2. The summed E-state index contributed by atoms with van der Waals surface area (Å²) in [6, 6.07) is 11.0. The monoisotopic (exact) mass is 585 g/mol. The second-order valence-corrected chi connectivity index (χ2v) is 11.3. The lowest BCUT2D eigenvalue weighted by molar-refractivity contribution is 0.0117. The number of rotatable bonds is 7. The van der Waals surface area contributed by atoms with Gasteiger partial charge in [0, 0.05) is 49.6 Å². The van der Waals surface area contributed by atoms with Crippen molar-refractivity contribution in [1.82, 2.24) is 25.1 Å². The van der Waals surface area contributed by atoms with E-state index < -0.39 is 5.60 Å². The number of carbonyl (C=O) groups excluding carboxylic acids is 2. The lowest BCUT2D eigenvalue weighted by atomic mass is 10.1. The molecule has 43 heavy (non-hydrogen) atoms. The van der Waals surface area contributed by atoms with Crippen LogP contribution in [-0.4, -0.2) is 71.2 Å². The molecule has 4 heterocycles. The van der Waals surface area contributed by atoms with Gasteiger partial charge in [0.2, 0.25) is 0 Å². The Balaban J connectivity index is 1.36. The van der Waals surface area contributed by atoms with Crippen LogP contribution >= 0.6 is 0 Å². The minimum atomic E-state index is -0.596. The van der Waals surface area contributed by atoms with Crippen LogP contribution in [0.15, 0.2) is 42.7 Å². The van der Waals surface area contributed by atoms with E-state index in [1.807, 2.05) is 39.0 Å². The van der Waals surface area contributed by atoms with Crippen molar-refractivity contribution in [3.8, 4) is 17.6 Å². The number of hydrogen-bond donors (Lipinski definition) is 2. The Labute approximate surface area is 250 Å². The van der Waals surface area contributed by atoms with Crippen LogP contribution in [0.2, 0.25) is 0 Å². The quantitative estimate of drug-likeness (QED) is 0.415. The van der Waals surface area contributed by atoms with Crippen molar-refractivity contribution < 1.29 is 23.8 Å². The molecular weight excluding hydrogens is 550 g/mol. The van der Waals surface area contributed by atoms with Crippen LogP contribution in [0.5, 0.6) is 11.5 Å². The molecule has 2 amide bonds. The number of hydrogen-bond acceptors (Lipinski definition) is 10. The number of ether oxygens (including phenoxy) is 3. The van der Waals surface area contributed by atoms with Crippen LogP contribution in [0.25, 0.3) is 0 Å². The summed E-state index contributed by atoms with van der Waals surface area (Å²) < 4.78 is 16.4. The number of pyridine rings is 2. The number of carbonyl (C=O) groups is 2. The standard InChI is InChI=1S/C31H35N7O5/c1-31(2,3)43-30(40)38-11-10-33-16-25(38)19-7-9-27(35-14-19)36-24-15-34-23(13-32)22-18-37(29(39)28(22)24)17-20-6-8-21(41-4)12-26(20)42-5/h6-9,12,14-15,25,33H,10-11,16-18H2,1-5H3,(H,35,36). The molecule has 2 aromatic heterocycles. The average Bonchev–Trinajstić information content (AvgIpc) is 3.33. The highest BCUT2D eigenvalue weighted by molar-refractivity contribution is 6.04. The van der Waals surface area contributed by atoms with Gasteiger partial charge < -0.3 is 29.7 Å². The summed E-state index contributed by atoms with van der Waals surface area (Å²) in [6.45, 7) is 7.82. The number of benzene rings is 1. The zero-order valence-electron chi connectivity index (χ0n) is 24.9. The van der Waals surface area contributed by atoms with E-state index in [4.69, 9.17) is 14.2 Å². The van der Waals surface area contributed by atoms with Crippen LogP contribution in [0.4, 0.5) is 16.3 Å². The summed E-state index contributed by atoms with van der Waals surface area (Å²) in [6.07, 6.45) is 2.83. The van der Waals surface area contributed by atoms with Crippen molar-refractivity contribution in [1.29, 1.82) is 5.26 Å². The van der Waals surface area contributed by atoms with E-state index in [9.17, 15) is 14.9 Å². The highest BCUT2D eigenvalue weighted by Gasteiger charge is 2.34. The first kappa shape index (κ1) is 29.6. The van der Waals surface area contributed by atoms with Crippen LogP contribution in [0.3, 0.4) is 0 Å². The molecule has 2 aliphatic rings. The minimum Gasteiger partial charge on any atom is -0.497 e. The Hall–Kier alpha value is -4.89. The molecule has 2 aliphatic heterocycles. The van der Waals surface area contributed by atoms with Gasteiger partial charge in [-0.1, -0.05) is 6.07 Å². The van der Waals surface area contributed by atoms with Gasteiger partial charge in [0.05, 0.1) is 44.3 Å². The summed E-state index contributed by atoms with van der Waals surface area (Å²) in [7, 11) is 3.14. The zero-order valence-corrected chi connectivity index (χ0v) is 24.9. The summed E-state index contributed by atoms with van der Waals surface area (Å²) in [5.74, 6) is 1.51. The number of anilines is 2. The molecule has 12 nitrogen and oxygen atoms in total. The van der Waals surface area contributed by atoms with Crippen LogP contribution in [0, 0.1) is 11.3 Å². The van der Waals surface area contributed by atoms with E-state index in [2.05, 4.69) is 26.7 Å². The Morgan fingerprint density at radius 2 is 1.98 bits per heavy atom. The first-order valence-electron chi connectivity index (χ1n) is 14.0. The molecule has 1 unspecified atom stereocenters. The molecular formula is C31H35N7O5. The largest absolute Gasteiger partial charge is 0.497 e. The molecule has 1 atom stereocenters. The van der Waals surface area contributed by atoms with E-state index in [0.29, 0.717) is 53.8 Å². The molecule has 224 valence electrons. The predicted octanol–water partition coefficient (Wildman–Crippen LogP) is 4.15. The third kappa shape index (κ3) is 6.32. The van der Waals surface area contributed by atoms with Gasteiger partial charge in [-0.2, -0.15) is 5.26 Å². The van der Waals surface area contributed by atoms with Gasteiger partial charge in [-0.15, -0.1) is 0 Å². The Morgan fingerprint density at radius 3 is 2.65 bits per heavy atom. The molecule has 0 radical (unpaired) electrons. The van der Waals surface area contributed by atoms with Crippen molar-refractivity contribution in [3.05, 3.63) is 70.7 Å². The fraction of sp³-hybridized carbons (Fsp3) is 0.387. The fourth-order valence-electron chi connectivity index (χ4n) is 5.23. The summed E-state index contributed by atoms with van der Waals surface area (Å²) in [5, 5.41) is 16.3. The van der Waals surface area contributed by atoms with Crippen molar-refractivity contribution in [2.24, 2.45) is 0 Å². The fourth-order valence-corrected chi connectivity index (χ4v) is 5.23. The number of piperazine rings is 1. The molecule has 0 saturated carbocycles. The molecule has 0 aliphatic carbocycles. The average molecular weight is 586 g/mol. The van der Waals surface area contributed by atoms with Gasteiger partial charge in [0.25, 0.3) is 5.91 Å². The van der Waals surface area contributed by atoms with Crippen molar-refractivity contribution in [2.45, 2.75) is 45.5 Å². The summed E-state index contributed by atoms with van der Waals surface area (Å²) >= 11 is 0. The molecule has 3 aromatic rings. The van der Waals surface area contributed by atoms with Crippen LogP contribution in [-0.2, 0) is 17.8 Å². The van der Waals surface area contributed by atoms with E-state index in [1.165, 1.54) is 6.20 Å². The molecule has 1 saturated heterocycles. The van der Waals surface area contributed by atoms with Crippen molar-refractivity contribution >= 4 is 23.5 Å². The molecule has 0 spiro atoms. The van der Waals surface area contributed by atoms with E-state index >= 15 is 0 Å². The maximum atomic E-state index is 13.7. The number of nitrogens with zero attached hydrogens (tertiary/aromatic N) is 5. The van der Waals surface area contributed by atoms with Gasteiger partial charge in [0.15, 0.2) is 0 Å². The maximum absolute atomic E-state index is 13.7.